The van der Waals surface area contributed by atoms with Gasteiger partial charge in [0.2, 0.25) is 5.91 Å². The molecule has 2 aromatic carbocycles. The van der Waals surface area contributed by atoms with Crippen LogP contribution in [-0.4, -0.2) is 31.3 Å². The molecule has 0 saturated carbocycles. The predicted octanol–water partition coefficient (Wildman–Crippen LogP) is 2.73. The van der Waals surface area contributed by atoms with Gasteiger partial charge < -0.3 is 15.4 Å². The minimum absolute atomic E-state index is 0.00311. The van der Waals surface area contributed by atoms with Crippen LogP contribution < -0.4 is 10.6 Å². The molecule has 0 fully saturated rings. The fourth-order valence-corrected chi connectivity index (χ4v) is 2.15. The Labute approximate surface area is 139 Å². The molecule has 0 atom stereocenters. The lowest BCUT2D eigenvalue weighted by atomic mass is 10.1. The summed E-state index contributed by atoms with van der Waals surface area (Å²) in [6.45, 7) is 1.44. The van der Waals surface area contributed by atoms with Crippen molar-refractivity contribution in [3.05, 3.63) is 59.7 Å². The number of para-hydroxylation sites is 1. The molecule has 0 aliphatic carbocycles. The Balaban J connectivity index is 1.99. The van der Waals surface area contributed by atoms with Crippen LogP contribution in [0.5, 0.6) is 0 Å². The first kappa shape index (κ1) is 17.2. The summed E-state index contributed by atoms with van der Waals surface area (Å²) in [5, 5.41) is 5.62. The number of benzene rings is 2. The molecular formula is C18H18N2O4. The minimum Gasteiger partial charge on any atom is -0.465 e. The number of methoxy groups -OCH3 is 1. The molecule has 0 heterocycles. The van der Waals surface area contributed by atoms with E-state index in [9.17, 15) is 14.4 Å². The summed E-state index contributed by atoms with van der Waals surface area (Å²) in [4.78, 5) is 35.1. The van der Waals surface area contributed by atoms with Crippen molar-refractivity contribution >= 4 is 29.0 Å². The maximum absolute atomic E-state index is 12.1. The highest BCUT2D eigenvalue weighted by atomic mass is 16.5. The number of ether oxygens (including phenoxy) is 1. The summed E-state index contributed by atoms with van der Waals surface area (Å²) in [6.07, 6.45) is 0. The number of rotatable bonds is 6. The van der Waals surface area contributed by atoms with Crippen LogP contribution in [0.2, 0.25) is 0 Å². The second kappa shape index (κ2) is 7.92. The number of nitrogens with one attached hydrogen (secondary N) is 2. The predicted molar refractivity (Wildman–Crippen MR) is 91.3 cm³/mol. The third-order valence-corrected chi connectivity index (χ3v) is 3.32. The van der Waals surface area contributed by atoms with Gasteiger partial charge >= 0.3 is 5.97 Å². The Bertz CT molecular complexity index is 771. The lowest BCUT2D eigenvalue weighted by molar-refractivity contribution is -0.114. The van der Waals surface area contributed by atoms with Crippen molar-refractivity contribution in [2.75, 3.05) is 24.3 Å². The molecule has 6 heteroatoms. The van der Waals surface area contributed by atoms with E-state index in [2.05, 4.69) is 15.4 Å². The Morgan fingerprint density at radius 1 is 1.04 bits per heavy atom. The van der Waals surface area contributed by atoms with Crippen molar-refractivity contribution in [2.45, 2.75) is 6.92 Å². The SMILES string of the molecule is COC(=O)c1cccc(NCC(=O)Nc2ccccc2C(C)=O)c1. The Morgan fingerprint density at radius 3 is 2.50 bits per heavy atom. The zero-order valence-corrected chi connectivity index (χ0v) is 13.5. The van der Waals surface area contributed by atoms with Gasteiger partial charge in [-0.15, -0.1) is 0 Å². The highest BCUT2D eigenvalue weighted by Gasteiger charge is 2.10. The molecule has 6 nitrogen and oxygen atoms in total. The monoisotopic (exact) mass is 326 g/mol. The Morgan fingerprint density at radius 2 is 1.79 bits per heavy atom. The summed E-state index contributed by atoms with van der Waals surface area (Å²) in [5.41, 5.74) is 1.94. The molecule has 0 radical (unpaired) electrons. The minimum atomic E-state index is -0.446. The van der Waals surface area contributed by atoms with Crippen molar-refractivity contribution in [3.8, 4) is 0 Å². The van der Waals surface area contributed by atoms with Gasteiger partial charge in [-0.05, 0) is 37.3 Å². The van der Waals surface area contributed by atoms with Crippen molar-refractivity contribution < 1.29 is 19.1 Å². The summed E-state index contributed by atoms with van der Waals surface area (Å²) in [5.74, 6) is -0.865. The van der Waals surface area contributed by atoms with E-state index in [0.29, 0.717) is 22.5 Å². The van der Waals surface area contributed by atoms with Crippen LogP contribution in [0.4, 0.5) is 11.4 Å². The zero-order valence-electron chi connectivity index (χ0n) is 13.5. The van der Waals surface area contributed by atoms with Crippen molar-refractivity contribution in [1.82, 2.24) is 0 Å². The first-order chi connectivity index (χ1) is 11.5. The second-order valence-electron chi connectivity index (χ2n) is 5.08. The molecule has 2 rings (SSSR count). The summed E-state index contributed by atoms with van der Waals surface area (Å²) in [6, 6.07) is 13.5. The first-order valence-corrected chi connectivity index (χ1v) is 7.33. The van der Waals surface area contributed by atoms with Crippen LogP contribution >= 0.6 is 0 Å². The van der Waals surface area contributed by atoms with E-state index in [1.54, 1.807) is 48.5 Å². The largest absolute Gasteiger partial charge is 0.465 e. The molecule has 1 amide bonds. The van der Waals surface area contributed by atoms with E-state index in [-0.39, 0.29) is 18.2 Å². The highest BCUT2D eigenvalue weighted by Crippen LogP contribution is 2.16. The van der Waals surface area contributed by atoms with E-state index < -0.39 is 5.97 Å². The summed E-state index contributed by atoms with van der Waals surface area (Å²) >= 11 is 0. The molecule has 2 aromatic rings. The number of anilines is 2. The van der Waals surface area contributed by atoms with E-state index in [1.165, 1.54) is 14.0 Å². The average Bonchev–Trinajstić information content (AvgIpc) is 2.59. The smallest absolute Gasteiger partial charge is 0.337 e. The fraction of sp³-hybridized carbons (Fsp3) is 0.167. The number of esters is 1. The molecule has 0 aromatic heterocycles. The average molecular weight is 326 g/mol. The third-order valence-electron chi connectivity index (χ3n) is 3.32. The molecular weight excluding hydrogens is 308 g/mol. The summed E-state index contributed by atoms with van der Waals surface area (Å²) in [7, 11) is 1.31. The van der Waals surface area contributed by atoms with Gasteiger partial charge in [0.15, 0.2) is 5.78 Å². The number of Topliss-reactive ketones (excluding diaryl/α,β-unsaturated/α-hetero) is 1. The van der Waals surface area contributed by atoms with E-state index in [0.717, 1.165) is 0 Å². The normalized spacial score (nSPS) is 9.92. The lowest BCUT2D eigenvalue weighted by Crippen LogP contribution is -2.22. The number of hydrogen-bond acceptors (Lipinski definition) is 5. The third kappa shape index (κ3) is 4.42. The van der Waals surface area contributed by atoms with Gasteiger partial charge in [-0.3, -0.25) is 9.59 Å². The van der Waals surface area contributed by atoms with Crippen LogP contribution in [0.3, 0.4) is 0 Å². The van der Waals surface area contributed by atoms with Crippen molar-refractivity contribution in [2.24, 2.45) is 0 Å². The molecule has 0 unspecified atom stereocenters. The van der Waals surface area contributed by atoms with Gasteiger partial charge in [0.05, 0.1) is 24.9 Å². The van der Waals surface area contributed by atoms with E-state index in [4.69, 9.17) is 0 Å². The number of amides is 1. The maximum Gasteiger partial charge on any atom is 0.337 e. The van der Waals surface area contributed by atoms with Gasteiger partial charge in [-0.1, -0.05) is 18.2 Å². The number of hydrogen-bond donors (Lipinski definition) is 2. The number of carbonyl (C=O) groups is 3. The van der Waals surface area contributed by atoms with E-state index in [1.807, 2.05) is 0 Å². The van der Waals surface area contributed by atoms with Gasteiger partial charge in [0.25, 0.3) is 0 Å². The molecule has 0 saturated heterocycles. The number of ketones is 1. The molecule has 0 bridgehead atoms. The standard InChI is InChI=1S/C18H18N2O4/c1-12(21)15-8-3-4-9-16(15)20-17(22)11-19-14-7-5-6-13(10-14)18(23)24-2/h3-10,19H,11H2,1-2H3,(H,20,22). The molecule has 124 valence electrons. The molecule has 2 N–H and O–H groups in total. The summed E-state index contributed by atoms with van der Waals surface area (Å²) < 4.78 is 4.65. The van der Waals surface area contributed by atoms with Gasteiger partial charge in [-0.2, -0.15) is 0 Å². The van der Waals surface area contributed by atoms with Crippen LogP contribution in [-0.2, 0) is 9.53 Å². The number of carbonyl (C=O) groups excluding carboxylic acids is 3. The van der Waals surface area contributed by atoms with Crippen LogP contribution in [0, 0.1) is 0 Å². The fourth-order valence-electron chi connectivity index (χ4n) is 2.15. The Hall–Kier alpha value is -3.15. The van der Waals surface area contributed by atoms with Crippen molar-refractivity contribution in [3.63, 3.8) is 0 Å². The topological polar surface area (TPSA) is 84.5 Å². The van der Waals surface area contributed by atoms with Crippen LogP contribution in [0.1, 0.15) is 27.6 Å². The maximum atomic E-state index is 12.1. The van der Waals surface area contributed by atoms with Gasteiger partial charge in [-0.25, -0.2) is 4.79 Å². The lowest BCUT2D eigenvalue weighted by Gasteiger charge is -2.11. The van der Waals surface area contributed by atoms with Crippen molar-refractivity contribution in [1.29, 1.82) is 0 Å². The van der Waals surface area contributed by atoms with Gasteiger partial charge in [0, 0.05) is 11.3 Å². The molecule has 0 aliphatic heterocycles. The molecule has 24 heavy (non-hydrogen) atoms. The van der Waals surface area contributed by atoms with Gasteiger partial charge in [0.1, 0.15) is 0 Å². The second-order valence-corrected chi connectivity index (χ2v) is 5.08. The van der Waals surface area contributed by atoms with Crippen LogP contribution in [0.25, 0.3) is 0 Å². The first-order valence-electron chi connectivity index (χ1n) is 7.33. The van der Waals surface area contributed by atoms with Crippen LogP contribution in [0.15, 0.2) is 48.5 Å². The molecule has 0 spiro atoms. The molecule has 0 aliphatic rings. The highest BCUT2D eigenvalue weighted by molar-refractivity contribution is 6.04. The van der Waals surface area contributed by atoms with E-state index >= 15 is 0 Å². The quantitative estimate of drug-likeness (QED) is 0.630. The Kier molecular flexibility index (Phi) is 5.68. The zero-order chi connectivity index (χ0) is 17.5.